The highest BCUT2D eigenvalue weighted by Gasteiger charge is 2.19. The normalized spacial score (nSPS) is 19.6. The van der Waals surface area contributed by atoms with E-state index < -0.39 is 10.0 Å². The first kappa shape index (κ1) is 14.9. The topological polar surface area (TPSA) is 61.4 Å². The molecule has 1 heterocycles. The molecule has 17 heavy (non-hydrogen) atoms. The summed E-state index contributed by atoms with van der Waals surface area (Å²) in [5.74, 6) is 0.666. The van der Waals surface area contributed by atoms with Crippen LogP contribution in [0.25, 0.3) is 0 Å². The molecule has 1 rings (SSSR count). The van der Waals surface area contributed by atoms with Gasteiger partial charge in [0.15, 0.2) is 0 Å². The summed E-state index contributed by atoms with van der Waals surface area (Å²) < 4.78 is 25.9. The molecular weight excluding hydrogens is 238 g/mol. The number of likely N-dealkylation sites (tertiary alicyclic amines) is 1. The molecule has 0 aromatic heterocycles. The predicted molar refractivity (Wildman–Crippen MR) is 70.6 cm³/mol. The summed E-state index contributed by atoms with van der Waals surface area (Å²) in [6, 6.07) is 0. The van der Waals surface area contributed by atoms with Crippen molar-refractivity contribution < 1.29 is 8.42 Å². The number of nitrogens with zero attached hydrogens (tertiary/aromatic N) is 1. The van der Waals surface area contributed by atoms with E-state index in [0.29, 0.717) is 19.0 Å². The molecular formula is C11H25N3O2S. The molecule has 1 aliphatic rings. The molecule has 0 spiro atoms. The lowest BCUT2D eigenvalue weighted by Gasteiger charge is -2.30. The van der Waals surface area contributed by atoms with Crippen molar-refractivity contribution in [2.75, 3.05) is 45.5 Å². The fraction of sp³-hybridized carbons (Fsp3) is 1.00. The van der Waals surface area contributed by atoms with E-state index in [1.807, 2.05) is 0 Å². The molecule has 1 saturated heterocycles. The van der Waals surface area contributed by atoms with Crippen molar-refractivity contribution in [2.24, 2.45) is 5.92 Å². The second kappa shape index (κ2) is 7.31. The van der Waals surface area contributed by atoms with Gasteiger partial charge in [0.2, 0.25) is 10.0 Å². The van der Waals surface area contributed by atoms with Crippen molar-refractivity contribution in [3.8, 4) is 0 Å². The minimum Gasteiger partial charge on any atom is -0.319 e. The van der Waals surface area contributed by atoms with Gasteiger partial charge in [0.1, 0.15) is 0 Å². The van der Waals surface area contributed by atoms with Crippen LogP contribution in [0.5, 0.6) is 0 Å². The fourth-order valence-corrected chi connectivity index (χ4v) is 3.17. The fourth-order valence-electron chi connectivity index (χ4n) is 2.06. The van der Waals surface area contributed by atoms with Crippen LogP contribution in [-0.4, -0.2) is 58.8 Å². The van der Waals surface area contributed by atoms with Gasteiger partial charge < -0.3 is 10.2 Å². The van der Waals surface area contributed by atoms with Crippen LogP contribution in [0.1, 0.15) is 19.8 Å². The zero-order valence-corrected chi connectivity index (χ0v) is 11.7. The summed E-state index contributed by atoms with van der Waals surface area (Å²) in [6.45, 7) is 6.56. The molecule has 2 N–H and O–H groups in total. The quantitative estimate of drug-likeness (QED) is 0.671. The van der Waals surface area contributed by atoms with Gasteiger partial charge in [0.25, 0.3) is 0 Å². The molecule has 1 fully saturated rings. The molecule has 0 bridgehead atoms. The lowest BCUT2D eigenvalue weighted by Crippen LogP contribution is -2.39. The van der Waals surface area contributed by atoms with Gasteiger partial charge >= 0.3 is 0 Å². The number of nitrogens with one attached hydrogen (secondary N) is 2. The first-order chi connectivity index (χ1) is 8.07. The molecule has 0 aromatic carbocycles. The Morgan fingerprint density at radius 1 is 1.29 bits per heavy atom. The van der Waals surface area contributed by atoms with Crippen LogP contribution in [0.2, 0.25) is 0 Å². The van der Waals surface area contributed by atoms with Gasteiger partial charge in [-0.15, -0.1) is 0 Å². The average Bonchev–Trinajstić information content (AvgIpc) is 2.35. The number of hydrogen-bond acceptors (Lipinski definition) is 4. The van der Waals surface area contributed by atoms with Crippen molar-refractivity contribution in [1.82, 2.24) is 14.9 Å². The highest BCUT2D eigenvalue weighted by Crippen LogP contribution is 2.15. The summed E-state index contributed by atoms with van der Waals surface area (Å²) in [4.78, 5) is 2.41. The van der Waals surface area contributed by atoms with E-state index in [9.17, 15) is 8.42 Å². The molecule has 0 aromatic rings. The van der Waals surface area contributed by atoms with Crippen molar-refractivity contribution in [1.29, 1.82) is 0 Å². The Bertz CT molecular complexity index is 298. The third kappa shape index (κ3) is 5.81. The Kier molecular flexibility index (Phi) is 6.40. The van der Waals surface area contributed by atoms with Crippen LogP contribution >= 0.6 is 0 Å². The molecule has 5 nitrogen and oxygen atoms in total. The Morgan fingerprint density at radius 3 is 2.47 bits per heavy atom. The highest BCUT2D eigenvalue weighted by atomic mass is 32.2. The second-order valence-electron chi connectivity index (χ2n) is 4.65. The van der Waals surface area contributed by atoms with Gasteiger partial charge in [0, 0.05) is 13.1 Å². The zero-order valence-electron chi connectivity index (χ0n) is 10.9. The summed E-state index contributed by atoms with van der Waals surface area (Å²) in [7, 11) is -1.33. The zero-order chi connectivity index (χ0) is 12.7. The molecule has 0 unspecified atom stereocenters. The minimum atomic E-state index is -3.09. The minimum absolute atomic E-state index is 0.164. The molecule has 6 heteroatoms. The van der Waals surface area contributed by atoms with Crippen LogP contribution in [-0.2, 0) is 10.0 Å². The van der Waals surface area contributed by atoms with E-state index in [1.165, 1.54) is 0 Å². The standard InChI is InChI=1S/C11H25N3O2S/c1-3-14-7-4-11(5-8-14)10-13-17(15,16)9-6-12-2/h11-13H,3-10H2,1-2H3. The largest absolute Gasteiger partial charge is 0.319 e. The third-order valence-electron chi connectivity index (χ3n) is 3.37. The van der Waals surface area contributed by atoms with Crippen molar-refractivity contribution >= 4 is 10.0 Å². The third-order valence-corrected chi connectivity index (χ3v) is 4.72. The van der Waals surface area contributed by atoms with Crippen molar-refractivity contribution in [2.45, 2.75) is 19.8 Å². The van der Waals surface area contributed by atoms with Gasteiger partial charge in [-0.2, -0.15) is 0 Å². The Labute approximate surface area is 105 Å². The van der Waals surface area contributed by atoms with E-state index in [0.717, 1.165) is 32.5 Å². The Balaban J connectivity index is 2.23. The number of sulfonamides is 1. The van der Waals surface area contributed by atoms with E-state index in [1.54, 1.807) is 7.05 Å². The van der Waals surface area contributed by atoms with Crippen molar-refractivity contribution in [3.05, 3.63) is 0 Å². The Morgan fingerprint density at radius 2 is 1.94 bits per heavy atom. The maximum Gasteiger partial charge on any atom is 0.212 e. The average molecular weight is 263 g/mol. The molecule has 0 radical (unpaired) electrons. The van der Waals surface area contributed by atoms with Gasteiger partial charge in [-0.3, -0.25) is 0 Å². The predicted octanol–water partition coefficient (Wildman–Crippen LogP) is -0.143. The highest BCUT2D eigenvalue weighted by molar-refractivity contribution is 7.89. The summed E-state index contributed by atoms with van der Waals surface area (Å²) >= 11 is 0. The van der Waals surface area contributed by atoms with Gasteiger partial charge in [-0.05, 0) is 45.4 Å². The van der Waals surface area contributed by atoms with Gasteiger partial charge in [0.05, 0.1) is 5.75 Å². The molecule has 0 saturated carbocycles. The Hall–Kier alpha value is -0.170. The monoisotopic (exact) mass is 263 g/mol. The molecule has 0 aliphatic carbocycles. The van der Waals surface area contributed by atoms with Crippen molar-refractivity contribution in [3.63, 3.8) is 0 Å². The van der Waals surface area contributed by atoms with Gasteiger partial charge in [-0.1, -0.05) is 6.92 Å². The lowest BCUT2D eigenvalue weighted by atomic mass is 9.97. The summed E-state index contributed by atoms with van der Waals surface area (Å²) in [5, 5.41) is 2.85. The number of piperidine rings is 1. The summed E-state index contributed by atoms with van der Waals surface area (Å²) in [6.07, 6.45) is 2.20. The van der Waals surface area contributed by atoms with E-state index in [2.05, 4.69) is 21.9 Å². The number of hydrogen-bond donors (Lipinski definition) is 2. The van der Waals surface area contributed by atoms with Crippen LogP contribution in [0.4, 0.5) is 0 Å². The first-order valence-corrected chi connectivity index (χ1v) is 8.07. The van der Waals surface area contributed by atoms with Crippen LogP contribution in [0, 0.1) is 5.92 Å². The molecule has 0 amide bonds. The van der Waals surface area contributed by atoms with Crippen LogP contribution < -0.4 is 10.0 Å². The maximum atomic E-state index is 11.6. The first-order valence-electron chi connectivity index (χ1n) is 6.41. The lowest BCUT2D eigenvalue weighted by molar-refractivity contribution is 0.194. The second-order valence-corrected chi connectivity index (χ2v) is 6.57. The van der Waals surface area contributed by atoms with Crippen LogP contribution in [0.3, 0.4) is 0 Å². The van der Waals surface area contributed by atoms with E-state index in [4.69, 9.17) is 0 Å². The molecule has 1 aliphatic heterocycles. The van der Waals surface area contributed by atoms with Crippen LogP contribution in [0.15, 0.2) is 0 Å². The smallest absolute Gasteiger partial charge is 0.212 e. The van der Waals surface area contributed by atoms with E-state index >= 15 is 0 Å². The van der Waals surface area contributed by atoms with Gasteiger partial charge in [-0.25, -0.2) is 13.1 Å². The maximum absolute atomic E-state index is 11.6. The number of rotatable bonds is 7. The van der Waals surface area contributed by atoms with E-state index in [-0.39, 0.29) is 5.75 Å². The molecule has 102 valence electrons. The SMILES string of the molecule is CCN1CCC(CNS(=O)(=O)CCNC)CC1. The summed E-state index contributed by atoms with van der Waals surface area (Å²) in [5.41, 5.74) is 0. The molecule has 0 atom stereocenters.